The van der Waals surface area contributed by atoms with Crippen molar-refractivity contribution in [3.63, 3.8) is 0 Å². The maximum Gasteiger partial charge on any atom is 0.405 e. The molecule has 0 aliphatic carbocycles. The van der Waals surface area contributed by atoms with Crippen molar-refractivity contribution in [2.24, 2.45) is 0 Å². The van der Waals surface area contributed by atoms with Gasteiger partial charge < -0.3 is 15.5 Å². The molecule has 7 nitrogen and oxygen atoms in total. The van der Waals surface area contributed by atoms with E-state index in [1.54, 1.807) is 18.2 Å². The number of carboxylic acid groups (broad SMARTS) is 1. The van der Waals surface area contributed by atoms with Crippen LogP contribution >= 0.6 is 11.6 Å². The van der Waals surface area contributed by atoms with Crippen LogP contribution in [0.2, 0.25) is 5.02 Å². The Hall–Kier alpha value is -2.12. The molecule has 1 heterocycles. The molecule has 1 aromatic heterocycles. The summed E-state index contributed by atoms with van der Waals surface area (Å²) in [6.45, 7) is -0.356. The molecular formula is C11H11ClN4O3. The molecule has 1 amide bonds. The third-order valence-corrected chi connectivity index (χ3v) is 2.84. The second-order valence-corrected chi connectivity index (χ2v) is 4.14. The Kier molecular flexibility index (Phi) is 3.98. The van der Waals surface area contributed by atoms with Crippen molar-refractivity contribution in [1.82, 2.24) is 20.1 Å². The molecule has 0 spiro atoms. The molecule has 0 radical (unpaired) electrons. The summed E-state index contributed by atoms with van der Waals surface area (Å²) in [5, 5.41) is 24.6. The van der Waals surface area contributed by atoms with Crippen LogP contribution in [0.3, 0.4) is 0 Å². The van der Waals surface area contributed by atoms with Gasteiger partial charge in [-0.3, -0.25) is 0 Å². The van der Waals surface area contributed by atoms with Crippen molar-refractivity contribution in [1.29, 1.82) is 0 Å². The first-order valence-corrected chi connectivity index (χ1v) is 5.74. The lowest BCUT2D eigenvalue weighted by Gasteiger charge is -2.16. The van der Waals surface area contributed by atoms with Crippen molar-refractivity contribution in [2.75, 3.05) is 6.61 Å². The predicted octanol–water partition coefficient (Wildman–Crippen LogP) is 1.22. The summed E-state index contributed by atoms with van der Waals surface area (Å²) >= 11 is 6.05. The van der Waals surface area contributed by atoms with E-state index in [0.29, 0.717) is 16.3 Å². The minimum absolute atomic E-state index is 0.356. The van der Waals surface area contributed by atoms with Gasteiger partial charge in [0.05, 0.1) is 23.4 Å². The van der Waals surface area contributed by atoms with Crippen molar-refractivity contribution in [3.05, 3.63) is 41.4 Å². The Bertz CT molecular complexity index is 573. The lowest BCUT2D eigenvalue weighted by Crippen LogP contribution is -2.29. The van der Waals surface area contributed by atoms with Crippen LogP contribution in [0, 0.1) is 0 Å². The van der Waals surface area contributed by atoms with E-state index in [1.165, 1.54) is 17.3 Å². The van der Waals surface area contributed by atoms with Gasteiger partial charge in [-0.25, -0.2) is 14.5 Å². The first-order chi connectivity index (χ1) is 9.11. The predicted molar refractivity (Wildman–Crippen MR) is 67.4 cm³/mol. The second-order valence-electron chi connectivity index (χ2n) is 3.74. The fraction of sp³-hybridized carbons (Fsp3) is 0.182. The van der Waals surface area contributed by atoms with E-state index in [9.17, 15) is 9.90 Å². The van der Waals surface area contributed by atoms with Crippen LogP contribution in [-0.2, 0) is 0 Å². The van der Waals surface area contributed by atoms with Crippen LogP contribution < -0.4 is 5.32 Å². The maximum absolute atomic E-state index is 10.6. The van der Waals surface area contributed by atoms with E-state index in [1.807, 2.05) is 0 Å². The summed E-state index contributed by atoms with van der Waals surface area (Å²) in [4.78, 5) is 14.5. The van der Waals surface area contributed by atoms with Gasteiger partial charge in [0.1, 0.15) is 12.7 Å². The number of aromatic nitrogens is 3. The molecule has 0 bridgehead atoms. The zero-order valence-electron chi connectivity index (χ0n) is 9.69. The SMILES string of the molecule is O=C(O)N[C@H](CO)c1ccc(Cl)c(-n2cncn2)c1. The van der Waals surface area contributed by atoms with Crippen molar-refractivity contribution < 1.29 is 15.0 Å². The van der Waals surface area contributed by atoms with Crippen molar-refractivity contribution in [2.45, 2.75) is 6.04 Å². The lowest BCUT2D eigenvalue weighted by atomic mass is 10.1. The molecule has 2 rings (SSSR count). The van der Waals surface area contributed by atoms with E-state index in [2.05, 4.69) is 15.4 Å². The Morgan fingerprint density at radius 1 is 1.53 bits per heavy atom. The normalized spacial score (nSPS) is 12.1. The fourth-order valence-corrected chi connectivity index (χ4v) is 1.84. The average molecular weight is 283 g/mol. The smallest absolute Gasteiger partial charge is 0.405 e. The minimum atomic E-state index is -1.21. The fourth-order valence-electron chi connectivity index (χ4n) is 1.64. The van der Waals surface area contributed by atoms with Gasteiger partial charge in [-0.2, -0.15) is 5.10 Å². The Morgan fingerprint density at radius 3 is 2.89 bits per heavy atom. The molecule has 1 atom stereocenters. The first kappa shape index (κ1) is 13.3. The highest BCUT2D eigenvalue weighted by Gasteiger charge is 2.15. The lowest BCUT2D eigenvalue weighted by molar-refractivity contribution is 0.177. The molecule has 3 N–H and O–H groups in total. The Morgan fingerprint density at radius 2 is 2.32 bits per heavy atom. The molecule has 2 aromatic rings. The molecule has 100 valence electrons. The summed E-state index contributed by atoms with van der Waals surface area (Å²) < 4.78 is 1.46. The highest BCUT2D eigenvalue weighted by molar-refractivity contribution is 6.32. The van der Waals surface area contributed by atoms with E-state index in [4.69, 9.17) is 16.7 Å². The quantitative estimate of drug-likeness (QED) is 0.783. The number of nitrogens with one attached hydrogen (secondary N) is 1. The summed E-state index contributed by atoms with van der Waals surface area (Å²) in [5.74, 6) is 0. The van der Waals surface area contributed by atoms with Gasteiger partial charge in [0.15, 0.2) is 0 Å². The molecule has 19 heavy (non-hydrogen) atoms. The zero-order chi connectivity index (χ0) is 13.8. The van der Waals surface area contributed by atoms with E-state index >= 15 is 0 Å². The van der Waals surface area contributed by atoms with Gasteiger partial charge in [0, 0.05) is 0 Å². The van der Waals surface area contributed by atoms with Gasteiger partial charge in [0.2, 0.25) is 0 Å². The van der Waals surface area contributed by atoms with Crippen LogP contribution in [0.15, 0.2) is 30.9 Å². The van der Waals surface area contributed by atoms with Gasteiger partial charge in [0.25, 0.3) is 0 Å². The molecule has 0 saturated carbocycles. The zero-order valence-corrected chi connectivity index (χ0v) is 10.4. The first-order valence-electron chi connectivity index (χ1n) is 5.36. The molecule has 0 aliphatic rings. The van der Waals surface area contributed by atoms with Crippen molar-refractivity contribution >= 4 is 17.7 Å². The Balaban J connectivity index is 2.37. The van der Waals surface area contributed by atoms with Gasteiger partial charge >= 0.3 is 6.09 Å². The van der Waals surface area contributed by atoms with E-state index < -0.39 is 12.1 Å². The third-order valence-electron chi connectivity index (χ3n) is 2.52. The number of rotatable bonds is 4. The number of carbonyl (C=O) groups is 1. The van der Waals surface area contributed by atoms with E-state index in [0.717, 1.165) is 0 Å². The number of halogens is 1. The van der Waals surface area contributed by atoms with E-state index in [-0.39, 0.29) is 6.61 Å². The summed E-state index contributed by atoms with van der Waals surface area (Å²) in [6.07, 6.45) is 1.63. The van der Waals surface area contributed by atoms with Gasteiger partial charge in [-0.15, -0.1) is 0 Å². The number of amides is 1. The topological polar surface area (TPSA) is 100 Å². The molecule has 0 saturated heterocycles. The van der Waals surface area contributed by atoms with Crippen LogP contribution in [0.4, 0.5) is 4.79 Å². The highest BCUT2D eigenvalue weighted by atomic mass is 35.5. The average Bonchev–Trinajstić information content (AvgIpc) is 2.90. The van der Waals surface area contributed by atoms with Crippen LogP contribution in [0.25, 0.3) is 5.69 Å². The summed E-state index contributed by atoms with van der Waals surface area (Å²) in [6, 6.07) is 4.17. The monoisotopic (exact) mass is 282 g/mol. The largest absolute Gasteiger partial charge is 0.465 e. The number of aliphatic hydroxyl groups is 1. The standard InChI is InChI=1S/C11H11ClN4O3/c12-8-2-1-7(9(4-17)15-11(18)19)3-10(8)16-6-13-5-14-16/h1-3,5-6,9,15,17H,4H2,(H,18,19)/t9-/m1/s1. The molecule has 0 fully saturated rings. The summed E-state index contributed by atoms with van der Waals surface area (Å²) in [5.41, 5.74) is 1.14. The third kappa shape index (κ3) is 3.01. The number of benzene rings is 1. The van der Waals surface area contributed by atoms with Crippen LogP contribution in [-0.4, -0.2) is 37.7 Å². The van der Waals surface area contributed by atoms with Crippen LogP contribution in [0.5, 0.6) is 0 Å². The summed E-state index contributed by atoms with van der Waals surface area (Å²) in [7, 11) is 0. The molecule has 1 aromatic carbocycles. The molecule has 8 heteroatoms. The number of aliphatic hydroxyl groups excluding tert-OH is 1. The van der Waals surface area contributed by atoms with Gasteiger partial charge in [-0.05, 0) is 17.7 Å². The number of hydrogen-bond acceptors (Lipinski definition) is 4. The maximum atomic E-state index is 10.6. The van der Waals surface area contributed by atoms with Crippen LogP contribution in [0.1, 0.15) is 11.6 Å². The molecule has 0 aliphatic heterocycles. The molecular weight excluding hydrogens is 272 g/mol. The van der Waals surface area contributed by atoms with Crippen molar-refractivity contribution in [3.8, 4) is 5.69 Å². The number of nitrogens with zero attached hydrogens (tertiary/aromatic N) is 3. The highest BCUT2D eigenvalue weighted by Crippen LogP contribution is 2.24. The Labute approximate surface area is 113 Å². The van der Waals surface area contributed by atoms with Gasteiger partial charge in [-0.1, -0.05) is 17.7 Å². The minimum Gasteiger partial charge on any atom is -0.465 e. The molecule has 0 unspecified atom stereocenters. The number of hydrogen-bond donors (Lipinski definition) is 3. The second kappa shape index (κ2) is 5.68.